The molecule has 110 valence electrons. The van der Waals surface area contributed by atoms with Crippen LogP contribution in [0.4, 0.5) is 0 Å². The molecule has 0 spiro atoms. The van der Waals surface area contributed by atoms with Crippen LogP contribution in [0, 0.1) is 0 Å². The van der Waals surface area contributed by atoms with Gasteiger partial charge >= 0.3 is 11.9 Å². The van der Waals surface area contributed by atoms with E-state index < -0.39 is 5.97 Å². The Hall–Kier alpha value is -1.29. The number of hydrogen-bond acceptors (Lipinski definition) is 4. The first-order valence-electron chi connectivity index (χ1n) is 6.12. The van der Waals surface area contributed by atoms with E-state index in [0.29, 0.717) is 12.2 Å². The number of unbranched alkanes of at least 4 members (excludes halogenated alkanes) is 3. The molecule has 4 nitrogen and oxygen atoms in total. The normalized spacial score (nSPS) is 8.84. The molecule has 19 heavy (non-hydrogen) atoms. The zero-order chi connectivity index (χ0) is 15.3. The average Bonchev–Trinajstić information content (AvgIpc) is 2.37. The summed E-state index contributed by atoms with van der Waals surface area (Å²) in [7, 11) is 1.25. The molecule has 0 aromatic rings. The SMILES string of the molecule is C=C(C)C(=O)OCCCCCC.C=C(Cl)C(=O)OC. The van der Waals surface area contributed by atoms with Crippen molar-refractivity contribution in [3.63, 3.8) is 0 Å². The summed E-state index contributed by atoms with van der Waals surface area (Å²) >= 11 is 5.06. The van der Waals surface area contributed by atoms with Crippen LogP contribution in [0.2, 0.25) is 0 Å². The number of halogens is 1. The summed E-state index contributed by atoms with van der Waals surface area (Å²) in [5, 5.41) is -0.0949. The molecule has 0 aromatic heterocycles. The highest BCUT2D eigenvalue weighted by molar-refractivity contribution is 6.40. The highest BCUT2D eigenvalue weighted by Crippen LogP contribution is 2.00. The molecule has 0 saturated heterocycles. The molecule has 0 radical (unpaired) electrons. The number of esters is 2. The quantitative estimate of drug-likeness (QED) is 0.408. The van der Waals surface area contributed by atoms with Crippen molar-refractivity contribution in [3.05, 3.63) is 23.8 Å². The van der Waals surface area contributed by atoms with Gasteiger partial charge in [-0.2, -0.15) is 0 Å². The monoisotopic (exact) mass is 290 g/mol. The fraction of sp³-hybridized carbons (Fsp3) is 0.571. The third-order valence-electron chi connectivity index (χ3n) is 1.99. The van der Waals surface area contributed by atoms with Crippen LogP contribution in [0.1, 0.15) is 39.5 Å². The highest BCUT2D eigenvalue weighted by Gasteiger charge is 2.01. The van der Waals surface area contributed by atoms with Gasteiger partial charge in [0, 0.05) is 5.57 Å². The van der Waals surface area contributed by atoms with E-state index in [4.69, 9.17) is 16.3 Å². The van der Waals surface area contributed by atoms with Crippen molar-refractivity contribution in [2.24, 2.45) is 0 Å². The molecule has 0 aliphatic carbocycles. The Kier molecular flexibility index (Phi) is 13.9. The minimum Gasteiger partial charge on any atom is -0.465 e. The number of hydrogen-bond donors (Lipinski definition) is 0. The van der Waals surface area contributed by atoms with Crippen LogP contribution in [0.15, 0.2) is 23.8 Å². The van der Waals surface area contributed by atoms with Gasteiger partial charge in [-0.05, 0) is 13.3 Å². The van der Waals surface area contributed by atoms with Crippen LogP contribution in [-0.2, 0) is 19.1 Å². The van der Waals surface area contributed by atoms with Crippen molar-refractivity contribution < 1.29 is 19.1 Å². The predicted octanol–water partition coefficient (Wildman–Crippen LogP) is 3.60. The molecule has 0 heterocycles. The van der Waals surface area contributed by atoms with E-state index in [9.17, 15) is 9.59 Å². The molecule has 0 saturated carbocycles. The van der Waals surface area contributed by atoms with E-state index in [1.807, 2.05) is 0 Å². The molecule has 0 unspecified atom stereocenters. The third kappa shape index (κ3) is 14.7. The Labute approximate surface area is 120 Å². The van der Waals surface area contributed by atoms with Crippen LogP contribution in [-0.4, -0.2) is 25.7 Å². The second kappa shape index (κ2) is 13.1. The molecule has 5 heteroatoms. The van der Waals surface area contributed by atoms with E-state index in [1.165, 1.54) is 20.0 Å². The van der Waals surface area contributed by atoms with Gasteiger partial charge in [0.25, 0.3) is 0 Å². The summed E-state index contributed by atoms with van der Waals surface area (Å²) < 4.78 is 9.05. The maximum atomic E-state index is 10.9. The lowest BCUT2D eigenvalue weighted by atomic mass is 10.2. The van der Waals surface area contributed by atoms with Gasteiger partial charge in [0.1, 0.15) is 5.03 Å². The fourth-order valence-corrected chi connectivity index (χ4v) is 1.00. The summed E-state index contributed by atoms with van der Waals surface area (Å²) in [6, 6.07) is 0. The molecule has 0 bridgehead atoms. The Morgan fingerprint density at radius 3 is 2.00 bits per heavy atom. The van der Waals surface area contributed by atoms with Gasteiger partial charge in [-0.15, -0.1) is 0 Å². The van der Waals surface area contributed by atoms with E-state index >= 15 is 0 Å². The predicted molar refractivity (Wildman–Crippen MR) is 76.9 cm³/mol. The Morgan fingerprint density at radius 1 is 1.11 bits per heavy atom. The number of carbonyl (C=O) groups is 2. The van der Waals surface area contributed by atoms with Crippen molar-refractivity contribution >= 4 is 23.5 Å². The van der Waals surface area contributed by atoms with E-state index in [0.717, 1.165) is 12.8 Å². The fourth-order valence-electron chi connectivity index (χ4n) is 0.928. The van der Waals surface area contributed by atoms with Crippen LogP contribution in [0.5, 0.6) is 0 Å². The van der Waals surface area contributed by atoms with Crippen molar-refractivity contribution in [1.29, 1.82) is 0 Å². The second-order valence-electron chi connectivity index (χ2n) is 3.87. The zero-order valence-corrected chi connectivity index (χ0v) is 12.7. The molecule has 0 aromatic carbocycles. The van der Waals surface area contributed by atoms with Gasteiger partial charge in [-0.3, -0.25) is 0 Å². The number of rotatable bonds is 7. The van der Waals surface area contributed by atoms with Crippen LogP contribution in [0.25, 0.3) is 0 Å². The number of ether oxygens (including phenoxy) is 2. The molecule has 0 aliphatic heterocycles. The number of methoxy groups -OCH3 is 1. The molecule has 0 rings (SSSR count). The lowest BCUT2D eigenvalue weighted by Gasteiger charge is -2.02. The van der Waals surface area contributed by atoms with Gasteiger partial charge in [-0.25, -0.2) is 9.59 Å². The van der Waals surface area contributed by atoms with Crippen molar-refractivity contribution in [1.82, 2.24) is 0 Å². The van der Waals surface area contributed by atoms with Gasteiger partial charge in [0.2, 0.25) is 0 Å². The minimum atomic E-state index is -0.582. The molecule has 0 aliphatic rings. The summed E-state index contributed by atoms with van der Waals surface area (Å²) in [4.78, 5) is 20.9. The molecule has 0 amide bonds. The van der Waals surface area contributed by atoms with Gasteiger partial charge in [0.15, 0.2) is 0 Å². The molecule has 0 atom stereocenters. The maximum absolute atomic E-state index is 10.9. The third-order valence-corrected chi connectivity index (χ3v) is 2.14. The van der Waals surface area contributed by atoms with Crippen molar-refractivity contribution in [3.8, 4) is 0 Å². The number of carbonyl (C=O) groups excluding carboxylic acids is 2. The van der Waals surface area contributed by atoms with E-state index in [2.05, 4.69) is 24.8 Å². The van der Waals surface area contributed by atoms with Crippen molar-refractivity contribution in [2.45, 2.75) is 39.5 Å². The molecule has 0 N–H and O–H groups in total. The lowest BCUT2D eigenvalue weighted by Crippen LogP contribution is -2.05. The van der Waals surface area contributed by atoms with Gasteiger partial charge in [0.05, 0.1) is 13.7 Å². The topological polar surface area (TPSA) is 52.6 Å². The zero-order valence-electron chi connectivity index (χ0n) is 12.0. The van der Waals surface area contributed by atoms with Crippen LogP contribution in [0.3, 0.4) is 0 Å². The van der Waals surface area contributed by atoms with Gasteiger partial charge in [-0.1, -0.05) is 50.9 Å². The standard InChI is InChI=1S/C10H18O2.C4H5ClO2/c1-4-5-6-7-8-12-10(11)9(2)3;1-3(5)4(6)7-2/h2,4-8H2,1,3H3;1H2,2H3. The average molecular weight is 291 g/mol. The first-order chi connectivity index (χ1) is 8.86. The van der Waals surface area contributed by atoms with Crippen molar-refractivity contribution in [2.75, 3.05) is 13.7 Å². The van der Waals surface area contributed by atoms with E-state index in [1.54, 1.807) is 6.92 Å². The lowest BCUT2D eigenvalue weighted by molar-refractivity contribution is -0.139. The Bertz CT molecular complexity index is 311. The largest absolute Gasteiger partial charge is 0.465 e. The minimum absolute atomic E-state index is 0.0949. The Morgan fingerprint density at radius 2 is 1.68 bits per heavy atom. The summed E-state index contributed by atoms with van der Waals surface area (Å²) in [6.07, 6.45) is 4.52. The molecule has 0 fully saturated rings. The van der Waals surface area contributed by atoms with Crippen LogP contribution >= 0.6 is 11.6 Å². The molecular formula is C14H23ClO4. The molecular weight excluding hydrogens is 268 g/mol. The van der Waals surface area contributed by atoms with Crippen LogP contribution < -0.4 is 0 Å². The second-order valence-corrected chi connectivity index (χ2v) is 4.33. The summed E-state index contributed by atoms with van der Waals surface area (Å²) in [5.74, 6) is -0.854. The first-order valence-corrected chi connectivity index (χ1v) is 6.49. The smallest absolute Gasteiger partial charge is 0.348 e. The Balaban J connectivity index is 0. The van der Waals surface area contributed by atoms with E-state index in [-0.39, 0.29) is 11.0 Å². The summed E-state index contributed by atoms with van der Waals surface area (Å²) in [5.41, 5.74) is 0.477. The first kappa shape index (κ1) is 20.0. The maximum Gasteiger partial charge on any atom is 0.348 e. The summed E-state index contributed by atoms with van der Waals surface area (Å²) in [6.45, 7) is 11.0. The highest BCUT2D eigenvalue weighted by atomic mass is 35.5. The van der Waals surface area contributed by atoms with Gasteiger partial charge < -0.3 is 9.47 Å².